The lowest BCUT2D eigenvalue weighted by molar-refractivity contribution is -0.152. The third-order valence-electron chi connectivity index (χ3n) is 7.85. The van der Waals surface area contributed by atoms with Gasteiger partial charge >= 0.3 is 11.9 Å². The molecule has 0 aliphatic carbocycles. The molecule has 0 spiro atoms. The first-order valence-corrected chi connectivity index (χ1v) is 8.72. The summed E-state index contributed by atoms with van der Waals surface area (Å²) in [5.41, 5.74) is -1.69. The second-order valence-corrected chi connectivity index (χ2v) is 10.3. The van der Waals surface area contributed by atoms with Crippen LogP contribution in [-0.4, -0.2) is 23.1 Å². The molecule has 0 aromatic carbocycles. The van der Waals surface area contributed by atoms with E-state index in [4.69, 9.17) is 9.47 Å². The Hall–Kier alpha value is -1.06. The van der Waals surface area contributed by atoms with Crippen LogP contribution in [0.2, 0.25) is 0 Å². The van der Waals surface area contributed by atoms with E-state index >= 15 is 0 Å². The van der Waals surface area contributed by atoms with Crippen molar-refractivity contribution in [3.63, 3.8) is 0 Å². The minimum Gasteiger partial charge on any atom is -0.459 e. The Labute approximate surface area is 155 Å². The van der Waals surface area contributed by atoms with Crippen LogP contribution in [-0.2, 0) is 19.1 Å². The fraction of sp³-hybridized carbons (Fsp3) is 0.905. The van der Waals surface area contributed by atoms with Gasteiger partial charge in [0.25, 0.3) is 0 Å². The van der Waals surface area contributed by atoms with Gasteiger partial charge in [0.05, 0.1) is 10.8 Å². The molecule has 0 bridgehead atoms. The number of cyclic esters (lactones) is 2. The highest BCUT2D eigenvalue weighted by atomic mass is 16.6. The normalized spacial score (nSPS) is 28.8. The molecule has 0 amide bonds. The lowest BCUT2D eigenvalue weighted by atomic mass is 9.62. The van der Waals surface area contributed by atoms with Gasteiger partial charge in [0.15, 0.2) is 0 Å². The first kappa shape index (κ1) is 23.9. The van der Waals surface area contributed by atoms with E-state index in [0.29, 0.717) is 0 Å². The summed E-state index contributed by atoms with van der Waals surface area (Å²) < 4.78 is 10.7. The summed E-state index contributed by atoms with van der Waals surface area (Å²) >= 11 is 0. The fourth-order valence-electron chi connectivity index (χ4n) is 2.99. The maximum Gasteiger partial charge on any atom is 0.312 e. The second kappa shape index (κ2) is 5.99. The van der Waals surface area contributed by atoms with Crippen LogP contribution in [0.15, 0.2) is 0 Å². The maximum atomic E-state index is 11.5. The molecule has 0 unspecified atom stereocenters. The molecule has 2 aliphatic rings. The molecule has 2 fully saturated rings. The van der Waals surface area contributed by atoms with Gasteiger partial charge in [0, 0.05) is 10.8 Å². The third-order valence-corrected chi connectivity index (χ3v) is 7.85. The van der Waals surface area contributed by atoms with Crippen LogP contribution in [0.5, 0.6) is 0 Å². The Morgan fingerprint density at radius 1 is 0.520 bits per heavy atom. The van der Waals surface area contributed by atoms with Gasteiger partial charge in [-0.05, 0) is 55.4 Å². The molecule has 0 N–H and O–H groups in total. The smallest absolute Gasteiger partial charge is 0.312 e. The Balaban J connectivity index is 0.000000443. The Morgan fingerprint density at radius 2 is 0.720 bits per heavy atom. The van der Waals surface area contributed by atoms with Crippen LogP contribution >= 0.6 is 0 Å². The zero-order chi connectivity index (χ0) is 19.6. The van der Waals surface area contributed by atoms with Crippen LogP contribution in [0.4, 0.5) is 0 Å². The molecule has 0 radical (unpaired) electrons. The summed E-state index contributed by atoms with van der Waals surface area (Å²) in [5.74, 6) is -0.171. The minimum absolute atomic E-state index is 0. The SMILES string of the molecule is C.CC1(C)OC(=O)C(C)(C)C1(C)C.CC1(C)OC(=O)C(C)(C)C1(C)C. The van der Waals surface area contributed by atoms with Crippen LogP contribution in [0, 0.1) is 21.7 Å². The van der Waals surface area contributed by atoms with E-state index in [1.807, 2.05) is 55.4 Å². The van der Waals surface area contributed by atoms with E-state index in [2.05, 4.69) is 27.7 Å². The molecule has 0 aromatic rings. The van der Waals surface area contributed by atoms with Crippen LogP contribution < -0.4 is 0 Å². The highest BCUT2D eigenvalue weighted by molar-refractivity contribution is 5.80. The van der Waals surface area contributed by atoms with Crippen molar-refractivity contribution < 1.29 is 19.1 Å². The highest BCUT2D eigenvalue weighted by Gasteiger charge is 2.62. The topological polar surface area (TPSA) is 52.6 Å². The zero-order valence-electron chi connectivity index (χ0n) is 17.6. The number of carbonyl (C=O) groups excluding carboxylic acids is 2. The molecule has 148 valence electrons. The Kier molecular flexibility index (Phi) is 5.73. The fourth-order valence-corrected chi connectivity index (χ4v) is 2.99. The summed E-state index contributed by atoms with van der Waals surface area (Å²) in [5, 5.41) is 0. The van der Waals surface area contributed by atoms with Crippen molar-refractivity contribution >= 4 is 11.9 Å². The number of hydrogen-bond donors (Lipinski definition) is 0. The van der Waals surface area contributed by atoms with Gasteiger partial charge in [-0.3, -0.25) is 9.59 Å². The van der Waals surface area contributed by atoms with Crippen LogP contribution in [0.3, 0.4) is 0 Å². The predicted molar refractivity (Wildman–Crippen MR) is 102 cm³/mol. The van der Waals surface area contributed by atoms with Gasteiger partial charge in [-0.25, -0.2) is 0 Å². The average Bonchev–Trinajstić information content (AvgIpc) is 2.53. The molecule has 2 aliphatic heterocycles. The van der Waals surface area contributed by atoms with E-state index in [-0.39, 0.29) is 52.2 Å². The molecule has 0 aromatic heterocycles. The molecule has 2 saturated heterocycles. The summed E-state index contributed by atoms with van der Waals surface area (Å²) in [6, 6.07) is 0. The number of ether oxygens (including phenoxy) is 2. The number of esters is 2. The molecule has 0 atom stereocenters. The van der Waals surface area contributed by atoms with E-state index in [9.17, 15) is 9.59 Å². The molecule has 0 saturated carbocycles. The number of hydrogen-bond acceptors (Lipinski definition) is 4. The summed E-state index contributed by atoms with van der Waals surface area (Å²) in [6.07, 6.45) is 0. The average molecular weight is 357 g/mol. The van der Waals surface area contributed by atoms with Crippen molar-refractivity contribution in [1.29, 1.82) is 0 Å². The maximum absolute atomic E-state index is 11.5. The van der Waals surface area contributed by atoms with Gasteiger partial charge in [-0.15, -0.1) is 0 Å². The monoisotopic (exact) mass is 356 g/mol. The molecule has 2 heterocycles. The van der Waals surface area contributed by atoms with E-state index < -0.39 is 0 Å². The van der Waals surface area contributed by atoms with Crippen molar-refractivity contribution in [3.8, 4) is 0 Å². The lowest BCUT2D eigenvalue weighted by Crippen LogP contribution is -2.42. The highest BCUT2D eigenvalue weighted by Crippen LogP contribution is 2.55. The summed E-state index contributed by atoms with van der Waals surface area (Å²) in [6.45, 7) is 24.0. The van der Waals surface area contributed by atoms with Crippen LogP contribution in [0.25, 0.3) is 0 Å². The quantitative estimate of drug-likeness (QED) is 0.546. The first-order chi connectivity index (χ1) is 10.3. The molecular weight excluding hydrogens is 316 g/mol. The van der Waals surface area contributed by atoms with E-state index in [0.717, 1.165) is 0 Å². The van der Waals surface area contributed by atoms with Crippen LogP contribution in [0.1, 0.15) is 90.5 Å². The van der Waals surface area contributed by atoms with Crippen molar-refractivity contribution in [1.82, 2.24) is 0 Å². The van der Waals surface area contributed by atoms with E-state index in [1.165, 1.54) is 0 Å². The second-order valence-electron chi connectivity index (χ2n) is 10.3. The lowest BCUT2D eigenvalue weighted by Gasteiger charge is -2.38. The molecule has 25 heavy (non-hydrogen) atoms. The minimum atomic E-state index is -0.378. The first-order valence-electron chi connectivity index (χ1n) is 8.72. The van der Waals surface area contributed by atoms with Gasteiger partial charge in [-0.2, -0.15) is 0 Å². The molecule has 4 heteroatoms. The third kappa shape index (κ3) is 3.10. The van der Waals surface area contributed by atoms with Crippen molar-refractivity contribution in [2.45, 2.75) is 102 Å². The largest absolute Gasteiger partial charge is 0.459 e. The summed E-state index contributed by atoms with van der Waals surface area (Å²) in [4.78, 5) is 23.0. The van der Waals surface area contributed by atoms with Gasteiger partial charge in [-0.1, -0.05) is 35.1 Å². The number of rotatable bonds is 0. The molecule has 2 rings (SSSR count). The van der Waals surface area contributed by atoms with E-state index in [1.54, 1.807) is 0 Å². The Morgan fingerprint density at radius 3 is 0.760 bits per heavy atom. The van der Waals surface area contributed by atoms with Gasteiger partial charge in [0.1, 0.15) is 11.2 Å². The standard InChI is InChI=1S/2C10H18O2.CH4/c2*1-8(2)7(11)12-10(5,6)9(8,3)4;/h2*1-6H3;1H4. The van der Waals surface area contributed by atoms with Crippen molar-refractivity contribution in [2.75, 3.05) is 0 Å². The Bertz CT molecular complexity index is 498. The number of carbonyl (C=O) groups is 2. The van der Waals surface area contributed by atoms with Crippen molar-refractivity contribution in [3.05, 3.63) is 0 Å². The molecule has 4 nitrogen and oxygen atoms in total. The predicted octanol–water partition coefficient (Wildman–Crippen LogP) is 5.38. The van der Waals surface area contributed by atoms with Crippen molar-refractivity contribution in [2.24, 2.45) is 21.7 Å². The zero-order valence-corrected chi connectivity index (χ0v) is 17.6. The molecular formula is C21H40O4. The van der Waals surface area contributed by atoms with Gasteiger partial charge in [0.2, 0.25) is 0 Å². The summed E-state index contributed by atoms with van der Waals surface area (Å²) in [7, 11) is 0. The van der Waals surface area contributed by atoms with Gasteiger partial charge < -0.3 is 9.47 Å².